The van der Waals surface area contributed by atoms with Crippen LogP contribution >= 0.6 is 11.6 Å². The van der Waals surface area contributed by atoms with Crippen LogP contribution in [0.3, 0.4) is 0 Å². The molecule has 2 aromatic carbocycles. The summed E-state index contributed by atoms with van der Waals surface area (Å²) in [7, 11) is 4.70. The van der Waals surface area contributed by atoms with Crippen LogP contribution < -0.4 is 20.7 Å². The van der Waals surface area contributed by atoms with Gasteiger partial charge in [-0.15, -0.1) is 0 Å². The number of carbonyl (C=O) groups excluding carboxylic acids is 3. The van der Waals surface area contributed by atoms with E-state index in [0.717, 1.165) is 19.6 Å². The highest BCUT2D eigenvalue weighted by Crippen LogP contribution is 2.24. The predicted molar refractivity (Wildman–Crippen MR) is 135 cm³/mol. The summed E-state index contributed by atoms with van der Waals surface area (Å²) in [5.41, 5.74) is 1.50. The molecule has 184 valence electrons. The first-order chi connectivity index (χ1) is 16.2. The molecule has 0 heterocycles. The van der Waals surface area contributed by atoms with Gasteiger partial charge in [-0.2, -0.15) is 0 Å². The van der Waals surface area contributed by atoms with Gasteiger partial charge in [0.15, 0.2) is 0 Å². The van der Waals surface area contributed by atoms with E-state index in [1.165, 1.54) is 18.1 Å². The molecule has 0 radical (unpaired) electrons. The Kier molecular flexibility index (Phi) is 10.2. The van der Waals surface area contributed by atoms with Gasteiger partial charge in [0.25, 0.3) is 11.8 Å². The molecule has 34 heavy (non-hydrogen) atoms. The van der Waals surface area contributed by atoms with E-state index in [1.807, 2.05) is 0 Å². The molecule has 0 spiro atoms. The number of benzene rings is 2. The van der Waals surface area contributed by atoms with Crippen LogP contribution in [0.2, 0.25) is 5.02 Å². The lowest BCUT2D eigenvalue weighted by Gasteiger charge is -2.18. The van der Waals surface area contributed by atoms with E-state index in [4.69, 9.17) is 16.3 Å². The summed E-state index contributed by atoms with van der Waals surface area (Å²) >= 11 is 6.11. The molecule has 0 bridgehead atoms. The molecule has 2 rings (SSSR count). The number of methoxy groups -OCH3 is 1. The van der Waals surface area contributed by atoms with E-state index in [-0.39, 0.29) is 17.4 Å². The van der Waals surface area contributed by atoms with Gasteiger partial charge in [0, 0.05) is 44.6 Å². The van der Waals surface area contributed by atoms with Crippen LogP contribution in [0.5, 0.6) is 5.75 Å². The standard InChI is InChI=1S/C24H32ClN5O4/c1-6-30(7-2)13-12-26-22(31)18-10-8-17(15-21(18)34-5)28-24(33)27-16-9-11-20(25)19(14-16)23(32)29(3)4/h8-11,14-15H,6-7,12-13H2,1-5H3,(H,26,31)(H2,27,28,33). The van der Waals surface area contributed by atoms with Gasteiger partial charge in [-0.3, -0.25) is 9.59 Å². The molecular weight excluding hydrogens is 458 g/mol. The summed E-state index contributed by atoms with van der Waals surface area (Å²) in [4.78, 5) is 40.9. The third-order valence-corrected chi connectivity index (χ3v) is 5.50. The smallest absolute Gasteiger partial charge is 0.323 e. The Hall–Kier alpha value is -3.30. The van der Waals surface area contributed by atoms with Gasteiger partial charge in [0.05, 0.1) is 23.3 Å². The fraction of sp³-hybridized carbons (Fsp3) is 0.375. The van der Waals surface area contributed by atoms with Crippen LogP contribution in [0, 0.1) is 0 Å². The zero-order chi connectivity index (χ0) is 25.3. The van der Waals surface area contributed by atoms with E-state index in [9.17, 15) is 14.4 Å². The largest absolute Gasteiger partial charge is 0.496 e. The summed E-state index contributed by atoms with van der Waals surface area (Å²) in [5.74, 6) is -0.187. The third-order valence-electron chi connectivity index (χ3n) is 5.17. The van der Waals surface area contributed by atoms with Crippen molar-refractivity contribution in [2.24, 2.45) is 0 Å². The Bertz CT molecular complexity index is 1020. The number of carbonyl (C=O) groups is 3. The van der Waals surface area contributed by atoms with Crippen molar-refractivity contribution in [3.63, 3.8) is 0 Å². The number of urea groups is 1. The number of amides is 4. The fourth-order valence-corrected chi connectivity index (χ4v) is 3.42. The van der Waals surface area contributed by atoms with Crippen LogP contribution in [-0.2, 0) is 0 Å². The van der Waals surface area contributed by atoms with Crippen molar-refractivity contribution in [3.05, 3.63) is 52.5 Å². The number of nitrogens with zero attached hydrogens (tertiary/aromatic N) is 2. The molecule has 0 fully saturated rings. The first-order valence-corrected chi connectivity index (χ1v) is 11.4. The first kappa shape index (κ1) is 26.9. The van der Waals surface area contributed by atoms with E-state index < -0.39 is 6.03 Å². The predicted octanol–water partition coefficient (Wildman–Crippen LogP) is 3.77. The molecule has 3 N–H and O–H groups in total. The maximum absolute atomic E-state index is 12.6. The normalized spacial score (nSPS) is 10.6. The number of ether oxygens (including phenoxy) is 1. The number of hydrogen-bond donors (Lipinski definition) is 3. The fourth-order valence-electron chi connectivity index (χ4n) is 3.22. The SMILES string of the molecule is CCN(CC)CCNC(=O)c1ccc(NC(=O)Nc2ccc(Cl)c(C(=O)N(C)C)c2)cc1OC. The molecule has 2 aromatic rings. The molecule has 0 atom stereocenters. The van der Waals surface area contributed by atoms with Crippen molar-refractivity contribution < 1.29 is 19.1 Å². The maximum atomic E-state index is 12.6. The number of rotatable bonds is 10. The van der Waals surface area contributed by atoms with E-state index >= 15 is 0 Å². The number of nitrogens with one attached hydrogen (secondary N) is 3. The molecule has 0 aromatic heterocycles. The van der Waals surface area contributed by atoms with E-state index in [1.54, 1.807) is 44.4 Å². The number of anilines is 2. The summed E-state index contributed by atoms with van der Waals surface area (Å²) in [6.07, 6.45) is 0. The van der Waals surface area contributed by atoms with E-state index in [2.05, 4.69) is 34.7 Å². The van der Waals surface area contributed by atoms with Crippen LogP contribution in [-0.4, -0.2) is 75.0 Å². The zero-order valence-electron chi connectivity index (χ0n) is 20.2. The Balaban J connectivity index is 2.05. The lowest BCUT2D eigenvalue weighted by atomic mass is 10.1. The summed E-state index contributed by atoms with van der Waals surface area (Å²) in [5, 5.41) is 8.55. The van der Waals surface area contributed by atoms with Crippen LogP contribution in [0.15, 0.2) is 36.4 Å². The highest BCUT2D eigenvalue weighted by Gasteiger charge is 2.16. The molecule has 0 unspecified atom stereocenters. The molecule has 4 amide bonds. The minimum absolute atomic E-state index is 0.251. The molecule has 0 aliphatic heterocycles. The zero-order valence-corrected chi connectivity index (χ0v) is 21.0. The molecule has 0 aliphatic rings. The number of halogens is 1. The van der Waals surface area contributed by atoms with Gasteiger partial charge in [0.2, 0.25) is 0 Å². The van der Waals surface area contributed by atoms with Gasteiger partial charge < -0.3 is 30.5 Å². The second-order valence-electron chi connectivity index (χ2n) is 7.67. The van der Waals surface area contributed by atoms with Gasteiger partial charge >= 0.3 is 6.03 Å². The minimum atomic E-state index is -0.524. The monoisotopic (exact) mass is 489 g/mol. The molecule has 9 nitrogen and oxygen atoms in total. The molecule has 10 heteroatoms. The maximum Gasteiger partial charge on any atom is 0.323 e. The summed E-state index contributed by atoms with van der Waals surface area (Å²) in [6, 6.07) is 8.91. The average molecular weight is 490 g/mol. The second-order valence-corrected chi connectivity index (χ2v) is 8.08. The number of hydrogen-bond acceptors (Lipinski definition) is 5. The van der Waals surface area contributed by atoms with Crippen molar-refractivity contribution in [2.75, 3.05) is 58.0 Å². The molecule has 0 saturated carbocycles. The quantitative estimate of drug-likeness (QED) is 0.471. The Labute approximate surface area is 205 Å². The van der Waals surface area contributed by atoms with Crippen molar-refractivity contribution in [2.45, 2.75) is 13.8 Å². The Morgan fingerprint density at radius 2 is 1.56 bits per heavy atom. The molecule has 0 saturated heterocycles. The highest BCUT2D eigenvalue weighted by atomic mass is 35.5. The Morgan fingerprint density at radius 3 is 2.15 bits per heavy atom. The van der Waals surface area contributed by atoms with E-state index in [0.29, 0.717) is 34.3 Å². The topological polar surface area (TPSA) is 103 Å². The van der Waals surface area contributed by atoms with Gasteiger partial charge in [-0.25, -0.2) is 4.79 Å². The third kappa shape index (κ3) is 7.36. The minimum Gasteiger partial charge on any atom is -0.496 e. The molecule has 0 aliphatic carbocycles. The van der Waals surface area contributed by atoms with Gasteiger partial charge in [-0.1, -0.05) is 25.4 Å². The van der Waals surface area contributed by atoms with Crippen molar-refractivity contribution in [3.8, 4) is 5.75 Å². The van der Waals surface area contributed by atoms with Crippen molar-refractivity contribution >= 4 is 40.8 Å². The van der Waals surface area contributed by atoms with Crippen molar-refractivity contribution in [1.82, 2.24) is 15.1 Å². The van der Waals surface area contributed by atoms with Crippen LogP contribution in [0.4, 0.5) is 16.2 Å². The number of likely N-dealkylation sites (N-methyl/N-ethyl adjacent to an activating group) is 1. The highest BCUT2D eigenvalue weighted by molar-refractivity contribution is 6.34. The summed E-state index contributed by atoms with van der Waals surface area (Å²) < 4.78 is 5.35. The Morgan fingerprint density at radius 1 is 0.941 bits per heavy atom. The molecular formula is C24H32ClN5O4. The van der Waals surface area contributed by atoms with Crippen LogP contribution in [0.25, 0.3) is 0 Å². The average Bonchev–Trinajstić information content (AvgIpc) is 2.82. The first-order valence-electron chi connectivity index (χ1n) is 11.0. The lowest BCUT2D eigenvalue weighted by Crippen LogP contribution is -2.34. The van der Waals surface area contributed by atoms with Gasteiger partial charge in [-0.05, 0) is 43.4 Å². The lowest BCUT2D eigenvalue weighted by molar-refractivity contribution is 0.0827. The summed E-state index contributed by atoms with van der Waals surface area (Å²) in [6.45, 7) is 7.26. The second kappa shape index (κ2) is 12.8. The van der Waals surface area contributed by atoms with Gasteiger partial charge in [0.1, 0.15) is 5.75 Å². The van der Waals surface area contributed by atoms with Crippen LogP contribution in [0.1, 0.15) is 34.6 Å². The van der Waals surface area contributed by atoms with Crippen molar-refractivity contribution in [1.29, 1.82) is 0 Å².